The van der Waals surface area contributed by atoms with Gasteiger partial charge in [0, 0.05) is 74.4 Å². The van der Waals surface area contributed by atoms with Gasteiger partial charge in [-0.1, -0.05) is 49.8 Å². The Balaban J connectivity index is 0.000000129. The first-order valence-corrected chi connectivity index (χ1v) is 27.3. The molecule has 40 heteroatoms. The molecule has 12 heterocycles. The van der Waals surface area contributed by atoms with Crippen molar-refractivity contribution in [3.05, 3.63) is 131 Å². The van der Waals surface area contributed by atoms with E-state index in [1.165, 1.54) is 116 Å². The van der Waals surface area contributed by atoms with Crippen LogP contribution in [0.15, 0.2) is 88.5 Å². The molecule has 0 amide bonds. The van der Waals surface area contributed by atoms with Crippen LogP contribution >= 0.6 is 91.1 Å². The minimum absolute atomic E-state index is 0.142. The first kappa shape index (κ1) is 47.4. The van der Waals surface area contributed by atoms with Gasteiger partial charge < -0.3 is 18.9 Å². The number of aryl methyl sites for hydroxylation is 4. The molecule has 12 aromatic heterocycles. The number of thiazole rings is 5. The normalized spacial score (nSPS) is 11.5. The van der Waals surface area contributed by atoms with Crippen LogP contribution < -0.4 is 41.7 Å². The highest BCUT2D eigenvalue weighted by atomic mass is 32.1. The molecule has 0 unspecified atom stereocenters. The van der Waals surface area contributed by atoms with Gasteiger partial charge in [-0.3, -0.25) is 0 Å². The van der Waals surface area contributed by atoms with Crippen molar-refractivity contribution >= 4 is 91.1 Å². The highest BCUT2D eigenvalue weighted by Gasteiger charge is 2.19. The third-order valence-corrected chi connectivity index (χ3v) is 14.7. The molecule has 0 N–H and O–H groups in total. The van der Waals surface area contributed by atoms with Crippen molar-refractivity contribution in [2.24, 2.45) is 28.2 Å². The predicted molar refractivity (Wildman–Crippen MR) is 275 cm³/mol. The van der Waals surface area contributed by atoms with Crippen LogP contribution in [-0.4, -0.2) is 118 Å². The second-order valence-electron chi connectivity index (χ2n) is 13.8. The number of thiophene rings is 1. The number of hydrogen-bond donors (Lipinski definition) is 0. The second-order valence-corrected chi connectivity index (χ2v) is 20.7. The van der Waals surface area contributed by atoms with Gasteiger partial charge in [-0.15, -0.1) is 37.1 Å². The zero-order valence-corrected chi connectivity index (χ0v) is 45.2. The minimum Gasteiger partial charge on any atom is -0.464 e. The first-order chi connectivity index (χ1) is 38.6. The molecule has 32 nitrogen and oxygen atoms in total. The van der Waals surface area contributed by atoms with Crippen LogP contribution in [0.2, 0.25) is 0 Å². The van der Waals surface area contributed by atoms with Gasteiger partial charge in [-0.05, 0) is 76.2 Å². The fraction of sp³-hybridized carbons (Fsp3) is 0.222. The van der Waals surface area contributed by atoms with Crippen LogP contribution in [0.5, 0.6) is 20.8 Å². The maximum atomic E-state index is 11.8. The van der Waals surface area contributed by atoms with E-state index in [1.807, 2.05) is 5.38 Å². The average molecular weight is 1190 g/mol. The molecule has 0 aliphatic carbocycles. The van der Waals surface area contributed by atoms with Crippen molar-refractivity contribution in [3.63, 3.8) is 0 Å². The molecule has 0 spiro atoms. The molecule has 0 aliphatic rings. The predicted octanol–water partition coefficient (Wildman–Crippen LogP) is 1.83. The van der Waals surface area contributed by atoms with Crippen LogP contribution in [0, 0.1) is 0 Å². The summed E-state index contributed by atoms with van der Waals surface area (Å²) in [5.74, 6) is 0.687. The molecule has 0 aliphatic heterocycles. The number of rotatable bonds is 16. The van der Waals surface area contributed by atoms with E-state index < -0.39 is 5.69 Å². The number of ether oxygens (including phenoxy) is 4. The Bertz CT molecular complexity index is 3690. The first-order valence-electron chi connectivity index (χ1n) is 22.5. The van der Waals surface area contributed by atoms with Crippen LogP contribution in [-0.2, 0) is 54.6 Å². The monoisotopic (exact) mass is 1190 g/mol. The summed E-state index contributed by atoms with van der Waals surface area (Å²) in [7, 11) is 6.07. The summed E-state index contributed by atoms with van der Waals surface area (Å²) in [6.45, 7) is 0.817. The van der Waals surface area contributed by atoms with Gasteiger partial charge in [0.1, 0.15) is 37.0 Å². The molecule has 76 heavy (non-hydrogen) atoms. The van der Waals surface area contributed by atoms with Crippen molar-refractivity contribution < 1.29 is 24.4 Å². The highest BCUT2D eigenvalue weighted by Crippen LogP contribution is 2.25. The Labute approximate surface area is 460 Å². The van der Waals surface area contributed by atoms with Crippen molar-refractivity contribution in [2.75, 3.05) is 0 Å². The van der Waals surface area contributed by atoms with E-state index in [0.29, 0.717) is 42.8 Å². The Morgan fingerprint density at radius 2 is 0.882 bits per heavy atom. The molecule has 0 saturated heterocycles. The standard InChI is InChI=1S/C10H9N5O2S2.2C9H8N6O2S2.C8H7N7O2S2/c1-14-10(16)15(13-12-14)7-2-4-18-8(7)6-17-9-11-3-5-19-9;1-14-9(16)15(13-12-14)7-6(19-5-11-7)4-17-8-10-2-3-18-8;1-14-9(16)15(13-12-14)6-4-11-19-7(6)5-17-8-10-2-3-18-8;1-14-8(16)15(12-11-14)6-5(19-13-10-6)4-17-7-9-2-3-18-7/h2-5H,6H2,1H3;2-3,5H,4H2,1H3;2-4H,5H2,1H3;2-3H,4H2,1H3/i3T;3*2T. The van der Waals surface area contributed by atoms with Gasteiger partial charge in [0.25, 0.3) is 20.8 Å². The lowest BCUT2D eigenvalue weighted by atomic mass is 10.4. The van der Waals surface area contributed by atoms with Crippen molar-refractivity contribution in [1.82, 2.24) is 118 Å². The Kier molecular flexibility index (Phi) is 15.5. The maximum Gasteiger partial charge on any atom is 0.369 e. The van der Waals surface area contributed by atoms with E-state index >= 15 is 0 Å². The van der Waals surface area contributed by atoms with E-state index in [1.54, 1.807) is 40.1 Å². The average Bonchev–Trinajstić information content (AvgIpc) is 4.27. The molecule has 0 atom stereocenters. The summed E-state index contributed by atoms with van der Waals surface area (Å²) in [6, 6.07) is 1.79. The van der Waals surface area contributed by atoms with Gasteiger partial charge in [0.15, 0.2) is 5.82 Å². The summed E-state index contributed by atoms with van der Waals surface area (Å²) in [6.07, 6.45) is 2.20. The Hall–Kier alpha value is -8.28. The van der Waals surface area contributed by atoms with Crippen LogP contribution in [0.25, 0.3) is 23.0 Å². The molecule has 0 radical (unpaired) electrons. The Morgan fingerprint density at radius 3 is 1.34 bits per heavy atom. The minimum atomic E-state index is -0.415. The molecule has 0 bridgehead atoms. The molecule has 0 saturated carbocycles. The largest absolute Gasteiger partial charge is 0.464 e. The second kappa shape index (κ2) is 24.8. The number of nitrogens with zero attached hydrogens (tertiary/aromatic N) is 24. The maximum absolute atomic E-state index is 11.8. The molecular formula is C36H32N24O8S8. The van der Waals surface area contributed by atoms with Crippen LogP contribution in [0.4, 0.5) is 0 Å². The van der Waals surface area contributed by atoms with E-state index in [4.69, 9.17) is 24.4 Å². The number of hydrogen-bond acceptors (Lipinski definition) is 32. The van der Waals surface area contributed by atoms with E-state index in [2.05, 4.69) is 80.6 Å². The molecule has 12 aromatic rings. The zero-order valence-electron chi connectivity index (χ0n) is 42.7. The topological polar surface area (TPSA) is 351 Å². The number of tetrazole rings is 4. The summed E-state index contributed by atoms with van der Waals surface area (Å²) in [5, 5.41) is 43.2. The fourth-order valence-electron chi connectivity index (χ4n) is 5.48. The molecule has 0 aromatic carbocycles. The van der Waals surface area contributed by atoms with Gasteiger partial charge in [-0.2, -0.15) is 32.5 Å². The lowest BCUT2D eigenvalue weighted by Gasteiger charge is -2.02. The zero-order chi connectivity index (χ0) is 56.5. The van der Waals surface area contributed by atoms with Crippen molar-refractivity contribution in [2.45, 2.75) is 26.4 Å². The smallest absolute Gasteiger partial charge is 0.369 e. The van der Waals surface area contributed by atoms with Crippen molar-refractivity contribution in [1.29, 1.82) is 0 Å². The lowest BCUT2D eigenvalue weighted by molar-refractivity contribution is 0.307. The molecular weight excluding hydrogens is 1150 g/mol. The van der Waals surface area contributed by atoms with Crippen LogP contribution in [0.1, 0.15) is 25.0 Å². The molecule has 392 valence electrons. The van der Waals surface area contributed by atoms with Crippen LogP contribution in [0.3, 0.4) is 0 Å². The summed E-state index contributed by atoms with van der Waals surface area (Å²) in [4.78, 5) is 69.7. The van der Waals surface area contributed by atoms with Crippen molar-refractivity contribution in [3.8, 4) is 43.8 Å². The summed E-state index contributed by atoms with van der Waals surface area (Å²) in [5.41, 5.74) is 1.34. The third-order valence-electron chi connectivity index (χ3n) is 9.03. The summed E-state index contributed by atoms with van der Waals surface area (Å²) >= 11 is 10.1. The van der Waals surface area contributed by atoms with E-state index in [-0.39, 0.29) is 74.0 Å². The lowest BCUT2D eigenvalue weighted by Crippen LogP contribution is -2.23. The van der Waals surface area contributed by atoms with Gasteiger partial charge in [-0.25, -0.2) is 44.1 Å². The quantitative estimate of drug-likeness (QED) is 0.133. The van der Waals surface area contributed by atoms with E-state index in [0.717, 1.165) is 54.3 Å². The van der Waals surface area contributed by atoms with Gasteiger partial charge in [0.2, 0.25) is 5.82 Å². The summed E-state index contributed by atoms with van der Waals surface area (Å²) < 4.78 is 68.1. The van der Waals surface area contributed by atoms with E-state index in [9.17, 15) is 19.2 Å². The van der Waals surface area contributed by atoms with Gasteiger partial charge >= 0.3 is 22.8 Å². The fourth-order valence-corrected chi connectivity index (χ4v) is 9.81. The molecule has 12 rings (SSSR count). The third kappa shape index (κ3) is 12.6. The highest BCUT2D eigenvalue weighted by molar-refractivity contribution is 7.12. The Morgan fingerprint density at radius 1 is 0.447 bits per heavy atom. The number of aromatic nitrogens is 24. The molecule has 0 fully saturated rings. The SMILES string of the molecule is [3H]c1csc(OCc2sccc2-n2nnn(C)c2=O)n1.[3H]c1csc(OCc2scnc2-n2nnn(C)c2=O)n1.[3H]c1csc(OCc2sncc2-n2nnn(C)c2=O)n1.[3H]c1csc(OCc2snnc2-n2nnn(C)c2=O)n1. The van der Waals surface area contributed by atoms with Gasteiger partial charge in [0.05, 0.1) is 37.5 Å².